The van der Waals surface area contributed by atoms with Gasteiger partial charge in [-0.1, -0.05) is 55.9 Å². The summed E-state index contributed by atoms with van der Waals surface area (Å²) in [5.41, 5.74) is 5.41. The Morgan fingerprint density at radius 2 is 1.69 bits per heavy atom. The molecular weight excluding hydrogens is 867 g/mol. The summed E-state index contributed by atoms with van der Waals surface area (Å²) in [5.74, 6) is -1.09. The third-order valence-electron chi connectivity index (χ3n) is 8.45. The molecule has 328 valence electrons. The van der Waals surface area contributed by atoms with Gasteiger partial charge in [-0.05, 0) is 18.4 Å². The predicted octanol–water partition coefficient (Wildman–Crippen LogP) is 0.688. The lowest BCUT2D eigenvalue weighted by molar-refractivity contribution is -0.137. The van der Waals surface area contributed by atoms with Crippen molar-refractivity contribution in [2.24, 2.45) is 5.41 Å². The molecule has 24 nitrogen and oxygen atoms in total. The van der Waals surface area contributed by atoms with Crippen molar-refractivity contribution in [2.45, 2.75) is 70.2 Å². The van der Waals surface area contributed by atoms with Crippen LogP contribution in [-0.2, 0) is 57.1 Å². The second-order valence-corrected chi connectivity index (χ2v) is 19.0. The number of aryl methyl sites for hydroxylation is 1. The molecule has 4 rings (SSSR count). The van der Waals surface area contributed by atoms with Gasteiger partial charge >= 0.3 is 23.5 Å². The number of nitrogen functional groups attached to an aromatic ring is 1. The van der Waals surface area contributed by atoms with E-state index in [0.29, 0.717) is 18.6 Å². The second-order valence-electron chi connectivity index (χ2n) is 13.6. The van der Waals surface area contributed by atoms with Crippen LogP contribution in [0.3, 0.4) is 0 Å². The Bertz CT molecular complexity index is 2060. The van der Waals surface area contributed by atoms with Crippen LogP contribution in [0.5, 0.6) is 0 Å². The number of rotatable bonds is 23. The average Bonchev–Trinajstić information content (AvgIpc) is 3.71. The van der Waals surface area contributed by atoms with E-state index >= 15 is 0 Å². The van der Waals surface area contributed by atoms with Crippen LogP contribution >= 0.6 is 35.2 Å². The molecule has 3 aromatic rings. The van der Waals surface area contributed by atoms with Gasteiger partial charge in [0.2, 0.25) is 11.8 Å². The van der Waals surface area contributed by atoms with Gasteiger partial charge in [-0.25, -0.2) is 28.6 Å². The maximum Gasteiger partial charge on any atom is 0.481 e. The molecule has 1 fully saturated rings. The first kappa shape index (κ1) is 48.4. The molecule has 0 aliphatic carbocycles. The van der Waals surface area contributed by atoms with E-state index in [2.05, 4.69) is 34.4 Å². The van der Waals surface area contributed by atoms with E-state index in [-0.39, 0.29) is 41.6 Å². The number of thioether (sulfide) groups is 1. The highest BCUT2D eigenvalue weighted by Gasteiger charge is 2.50. The number of anilines is 1. The molecule has 2 unspecified atom stereocenters. The summed E-state index contributed by atoms with van der Waals surface area (Å²) in [4.78, 5) is 87.9. The quantitative estimate of drug-likeness (QED) is 0.0467. The normalized spacial score (nSPS) is 21.1. The van der Waals surface area contributed by atoms with Gasteiger partial charge in [0, 0.05) is 37.1 Å². The van der Waals surface area contributed by atoms with Crippen molar-refractivity contribution in [1.82, 2.24) is 30.2 Å². The number of aliphatic hydroxyl groups is 2. The number of ether oxygens (including phenoxy) is 1. The Kier molecular flexibility index (Phi) is 17.3. The number of phosphoric acid groups is 3. The Balaban J connectivity index is 1.19. The molecule has 0 radical (unpaired) electrons. The van der Waals surface area contributed by atoms with E-state index in [0.717, 1.165) is 41.0 Å². The second kappa shape index (κ2) is 21.0. The number of nitrogens with one attached hydrogen (secondary N) is 2. The van der Waals surface area contributed by atoms with Crippen LogP contribution in [0.1, 0.15) is 44.9 Å². The van der Waals surface area contributed by atoms with Crippen LogP contribution < -0.4 is 16.4 Å². The summed E-state index contributed by atoms with van der Waals surface area (Å²) in [6.45, 7) is 0.508. The number of nitrogens with two attached hydrogens (primary N) is 1. The summed E-state index contributed by atoms with van der Waals surface area (Å²) >= 11 is 1.11. The highest BCUT2D eigenvalue weighted by atomic mass is 32.2. The number of aliphatic hydroxyl groups excluding tert-OH is 2. The minimum absolute atomic E-state index is 0.00658. The Hall–Kier alpha value is -3.22. The third kappa shape index (κ3) is 15.0. The molecular formula is C31H46N7O17P3S. The van der Waals surface area contributed by atoms with Crippen molar-refractivity contribution >= 4 is 69.1 Å². The van der Waals surface area contributed by atoms with Crippen molar-refractivity contribution in [1.29, 1.82) is 0 Å². The zero-order valence-electron chi connectivity index (χ0n) is 31.6. The number of carbonyl (C=O) groups is 3. The fourth-order valence-corrected chi connectivity index (χ4v) is 9.00. The van der Waals surface area contributed by atoms with Crippen molar-refractivity contribution in [3.63, 3.8) is 0 Å². The SMILES string of the molecule is CC(C)(COP(=O)(O)OP(=O)(O)OC[C@H]1O[C@@H](n2cnc3c(N)ncnc32)[C@H](O)[C@@H]1OP(=O)(O)O)[C@@H](O)C(=O)NCCC(=O)NCCSC(=O)CCCc1ccccc1. The molecule has 1 aromatic carbocycles. The van der Waals surface area contributed by atoms with Crippen LogP contribution in [0, 0.1) is 5.41 Å². The summed E-state index contributed by atoms with van der Waals surface area (Å²) in [6.07, 6.45) is -5.02. The van der Waals surface area contributed by atoms with Crippen LogP contribution in [-0.4, -0.2) is 123 Å². The van der Waals surface area contributed by atoms with Gasteiger partial charge in [-0.2, -0.15) is 4.31 Å². The Morgan fingerprint density at radius 1 is 1.00 bits per heavy atom. The number of fused-ring (bicyclic) bond motifs is 1. The van der Waals surface area contributed by atoms with Gasteiger partial charge in [0.05, 0.1) is 19.5 Å². The first-order valence-corrected chi connectivity index (χ1v) is 23.2. The van der Waals surface area contributed by atoms with Gasteiger partial charge < -0.3 is 50.9 Å². The number of hydrogen-bond donors (Lipinski definition) is 9. The van der Waals surface area contributed by atoms with Crippen molar-refractivity contribution in [3.05, 3.63) is 48.5 Å². The topological polar surface area (TPSA) is 364 Å². The van der Waals surface area contributed by atoms with Crippen LogP contribution in [0.25, 0.3) is 11.2 Å². The molecule has 3 heterocycles. The smallest absolute Gasteiger partial charge is 0.386 e. The minimum atomic E-state index is -5.57. The molecule has 10 N–H and O–H groups in total. The summed E-state index contributed by atoms with van der Waals surface area (Å²) in [5, 5.41) is 26.5. The third-order valence-corrected chi connectivity index (χ3v) is 12.5. The highest BCUT2D eigenvalue weighted by molar-refractivity contribution is 8.13. The van der Waals surface area contributed by atoms with E-state index in [9.17, 15) is 57.9 Å². The maximum atomic E-state index is 12.7. The number of amides is 2. The molecule has 7 atom stereocenters. The lowest BCUT2D eigenvalue weighted by atomic mass is 9.87. The monoisotopic (exact) mass is 913 g/mol. The van der Waals surface area contributed by atoms with Crippen molar-refractivity contribution in [2.75, 3.05) is 37.8 Å². The van der Waals surface area contributed by atoms with E-state index in [1.807, 2.05) is 30.3 Å². The van der Waals surface area contributed by atoms with Gasteiger partial charge in [0.25, 0.3) is 0 Å². The summed E-state index contributed by atoms with van der Waals surface area (Å²) in [7, 11) is -16.4. The number of hydrogen-bond acceptors (Lipinski definition) is 18. The predicted molar refractivity (Wildman–Crippen MR) is 206 cm³/mol. The van der Waals surface area contributed by atoms with Crippen LogP contribution in [0.4, 0.5) is 5.82 Å². The lowest BCUT2D eigenvalue weighted by Crippen LogP contribution is -2.46. The van der Waals surface area contributed by atoms with Crippen LogP contribution in [0.15, 0.2) is 43.0 Å². The molecule has 2 amide bonds. The fourth-order valence-electron chi connectivity index (χ4n) is 5.45. The number of carbonyl (C=O) groups excluding carboxylic acids is 3. The van der Waals surface area contributed by atoms with Crippen LogP contribution in [0.2, 0.25) is 0 Å². The zero-order chi connectivity index (χ0) is 43.6. The van der Waals surface area contributed by atoms with Crippen molar-refractivity contribution in [3.8, 4) is 0 Å². The highest BCUT2D eigenvalue weighted by Crippen LogP contribution is 2.61. The van der Waals surface area contributed by atoms with Gasteiger partial charge in [0.15, 0.2) is 22.8 Å². The largest absolute Gasteiger partial charge is 0.481 e. The van der Waals surface area contributed by atoms with Gasteiger partial charge in [-0.3, -0.25) is 32.5 Å². The fraction of sp³-hybridized carbons (Fsp3) is 0.548. The molecule has 1 aliphatic rings. The first-order valence-electron chi connectivity index (χ1n) is 17.7. The molecule has 0 saturated carbocycles. The van der Waals surface area contributed by atoms with E-state index < -0.39 is 84.6 Å². The summed E-state index contributed by atoms with van der Waals surface area (Å²) in [6, 6.07) is 9.77. The van der Waals surface area contributed by atoms with E-state index in [1.165, 1.54) is 13.8 Å². The molecule has 2 aromatic heterocycles. The first-order chi connectivity index (χ1) is 27.6. The molecule has 28 heteroatoms. The minimum Gasteiger partial charge on any atom is -0.386 e. The Labute approximate surface area is 341 Å². The van der Waals surface area contributed by atoms with Crippen molar-refractivity contribution < 1.29 is 80.5 Å². The molecule has 1 saturated heterocycles. The lowest BCUT2D eigenvalue weighted by Gasteiger charge is -2.30. The van der Waals surface area contributed by atoms with E-state index in [4.69, 9.17) is 19.5 Å². The zero-order valence-corrected chi connectivity index (χ0v) is 35.1. The Morgan fingerprint density at radius 3 is 2.39 bits per heavy atom. The molecule has 59 heavy (non-hydrogen) atoms. The standard InChI is InChI=1S/C31H46N7O17P3S/c1-31(2,26(42)29(43)34-12-11-21(39)33-13-14-59-22(40)10-6-9-19-7-4-3-5-8-19)16-52-58(49,50)55-57(47,48)51-15-20-25(54-56(44,45)46)24(41)30(53-20)38-18-37-23-27(32)35-17-36-28(23)38/h3-5,7-8,17-18,20,24-26,30,41-42H,6,9-16H2,1-2H3,(H,33,39)(H,34,43)(H,47,48)(H,49,50)(H2,32,35,36)(H2,44,45,46)/t20-,24-,25-,26+,30-/m1/s1. The van der Waals surface area contributed by atoms with E-state index in [1.54, 1.807) is 0 Å². The molecule has 1 aliphatic heterocycles. The number of nitrogens with zero attached hydrogens (tertiary/aromatic N) is 4. The molecule has 0 bridgehead atoms. The average molecular weight is 914 g/mol. The summed E-state index contributed by atoms with van der Waals surface area (Å²) < 4.78 is 62.2. The molecule has 0 spiro atoms. The number of aromatic nitrogens is 4. The number of benzene rings is 1. The maximum absolute atomic E-state index is 12.7. The van der Waals surface area contributed by atoms with Gasteiger partial charge in [-0.15, -0.1) is 0 Å². The van der Waals surface area contributed by atoms with Gasteiger partial charge in [0.1, 0.15) is 36.3 Å². The number of phosphoric ester groups is 3. The number of imidazole rings is 1.